The van der Waals surface area contributed by atoms with Gasteiger partial charge in [-0.2, -0.15) is 0 Å². The molecule has 1 rings (SSSR count). The largest absolute Gasteiger partial charge is 0.388 e. The minimum absolute atomic E-state index is 0.165. The van der Waals surface area contributed by atoms with E-state index in [1.54, 1.807) is 0 Å². The van der Waals surface area contributed by atoms with E-state index in [0.29, 0.717) is 6.54 Å². The Hall–Kier alpha value is -3.93. The molecular weight excluding hydrogens is 574 g/mol. The van der Waals surface area contributed by atoms with Crippen LogP contribution in [0.2, 0.25) is 0 Å². The van der Waals surface area contributed by atoms with E-state index in [9.17, 15) is 24.0 Å². The van der Waals surface area contributed by atoms with Crippen molar-refractivity contribution >= 4 is 40.8 Å². The van der Waals surface area contributed by atoms with Crippen molar-refractivity contribution in [3.63, 3.8) is 0 Å². The molecule has 12 heteroatoms. The summed E-state index contributed by atoms with van der Waals surface area (Å²) in [4.78, 5) is 58.5. The first-order valence-corrected chi connectivity index (χ1v) is 15.5. The lowest BCUT2D eigenvalue weighted by Gasteiger charge is -2.17. The Morgan fingerprint density at radius 1 is 0.800 bits per heavy atom. The summed E-state index contributed by atoms with van der Waals surface area (Å²) < 4.78 is 0. The van der Waals surface area contributed by atoms with E-state index < -0.39 is 23.6 Å². The zero-order chi connectivity index (χ0) is 35.4. The molecule has 0 aromatic heterocycles. The van der Waals surface area contributed by atoms with Crippen LogP contribution in [-0.4, -0.2) is 87.8 Å². The van der Waals surface area contributed by atoms with Gasteiger partial charge in [-0.25, -0.2) is 0 Å². The maximum Gasteiger partial charge on any atom is 0.242 e. The molecule has 12 nitrogen and oxygen atoms in total. The third kappa shape index (κ3) is 31.3. The molecule has 1 aromatic carbocycles. The molecule has 5 amide bonds. The Bertz CT molecular complexity index is 1000. The number of amides is 5. The Morgan fingerprint density at radius 3 is 1.71 bits per heavy atom. The molecule has 0 aliphatic carbocycles. The second-order valence-corrected chi connectivity index (χ2v) is 11.5. The molecule has 45 heavy (non-hydrogen) atoms. The highest BCUT2D eigenvalue weighted by Crippen LogP contribution is 2.20. The van der Waals surface area contributed by atoms with Gasteiger partial charge in [-0.15, -0.1) is 0 Å². The van der Waals surface area contributed by atoms with E-state index in [4.69, 9.17) is 5.73 Å². The minimum Gasteiger partial charge on any atom is -0.388 e. The molecule has 0 radical (unpaired) electrons. The van der Waals surface area contributed by atoms with Gasteiger partial charge >= 0.3 is 0 Å². The van der Waals surface area contributed by atoms with E-state index in [1.165, 1.54) is 12.6 Å². The first-order valence-electron chi connectivity index (χ1n) is 15.5. The van der Waals surface area contributed by atoms with Gasteiger partial charge in [0.05, 0.1) is 32.7 Å². The first kappa shape index (κ1) is 45.5. The van der Waals surface area contributed by atoms with Gasteiger partial charge in [-0.3, -0.25) is 24.0 Å². The van der Waals surface area contributed by atoms with Gasteiger partial charge in [0.1, 0.15) is 0 Å². The highest BCUT2D eigenvalue weighted by atomic mass is 16.2. The maximum atomic E-state index is 11.8. The van der Waals surface area contributed by atoms with Gasteiger partial charge in [0.15, 0.2) is 0 Å². The van der Waals surface area contributed by atoms with Crippen molar-refractivity contribution in [2.75, 3.05) is 58.7 Å². The number of likely N-dealkylation sites (N-methyl/N-ethyl adjacent to an activating group) is 1. The molecule has 0 bridgehead atoms. The Labute approximate surface area is 271 Å². The average molecular weight is 636 g/mol. The van der Waals surface area contributed by atoms with Crippen molar-refractivity contribution in [2.45, 2.75) is 68.2 Å². The number of carbonyl (C=O) groups excluding carboxylic acids is 5. The van der Waals surface area contributed by atoms with Crippen LogP contribution in [0.5, 0.6) is 0 Å². The molecule has 258 valence electrons. The van der Waals surface area contributed by atoms with Crippen LogP contribution in [0, 0.1) is 11.8 Å². The standard InChI is InChI=1S/C15H28N6O5.C10H13N.2C4H10/c1-3-4-5-17-12(23)7-19-14(25)10-21(2)15(26)9-20-13(24)8-18-11(22)6-16;1-8(2)9-6-4-5-7-10(9)11-3;2*1-4(2)3/h3-10,16H2,1-2H3,(H,17,23)(H,18,22)(H,19,25)(H,20,24);4-7,11H,1H2,2-3H3;2*4H,1-3H3. The molecule has 7 N–H and O–H groups in total. The predicted octanol–water partition coefficient (Wildman–Crippen LogP) is 2.75. The second kappa shape index (κ2) is 28.8. The quantitative estimate of drug-likeness (QED) is 0.170. The van der Waals surface area contributed by atoms with Crippen LogP contribution in [0.25, 0.3) is 5.57 Å². The maximum absolute atomic E-state index is 11.8. The highest BCUT2D eigenvalue weighted by molar-refractivity contribution is 5.91. The number of unbranched alkanes of at least 4 members (excludes halogenated alkanes) is 1. The summed E-state index contributed by atoms with van der Waals surface area (Å²) in [7, 11) is 3.31. The number of carbonyl (C=O) groups is 5. The van der Waals surface area contributed by atoms with E-state index >= 15 is 0 Å². The number of allylic oxidation sites excluding steroid dienone is 1. The summed E-state index contributed by atoms with van der Waals surface area (Å²) in [6.07, 6.45) is 1.81. The number of nitrogens with zero attached hydrogens (tertiary/aromatic N) is 1. The van der Waals surface area contributed by atoms with Gasteiger partial charge in [0.25, 0.3) is 0 Å². The van der Waals surface area contributed by atoms with Crippen LogP contribution in [0.3, 0.4) is 0 Å². The van der Waals surface area contributed by atoms with Gasteiger partial charge in [-0.05, 0) is 42.4 Å². The van der Waals surface area contributed by atoms with Crippen molar-refractivity contribution in [2.24, 2.45) is 17.6 Å². The molecule has 0 atom stereocenters. The van der Waals surface area contributed by atoms with Crippen LogP contribution >= 0.6 is 0 Å². The molecule has 0 spiro atoms. The number of para-hydroxylation sites is 1. The predicted molar refractivity (Wildman–Crippen MR) is 185 cm³/mol. The lowest BCUT2D eigenvalue weighted by atomic mass is 10.1. The van der Waals surface area contributed by atoms with Crippen molar-refractivity contribution in [3.8, 4) is 0 Å². The van der Waals surface area contributed by atoms with Gasteiger partial charge in [-0.1, -0.05) is 79.7 Å². The number of nitrogens with two attached hydrogens (primary N) is 1. The number of nitrogens with one attached hydrogen (secondary N) is 5. The third-order valence-corrected chi connectivity index (χ3v) is 4.83. The summed E-state index contributed by atoms with van der Waals surface area (Å²) in [6, 6.07) is 8.14. The van der Waals surface area contributed by atoms with E-state index in [2.05, 4.69) is 80.8 Å². The number of hydrogen-bond acceptors (Lipinski definition) is 7. The van der Waals surface area contributed by atoms with Gasteiger partial charge in [0, 0.05) is 26.3 Å². The molecule has 0 fully saturated rings. The highest BCUT2D eigenvalue weighted by Gasteiger charge is 2.14. The third-order valence-electron chi connectivity index (χ3n) is 4.83. The van der Waals surface area contributed by atoms with Crippen LogP contribution in [0.4, 0.5) is 5.69 Å². The number of hydrogen-bond donors (Lipinski definition) is 6. The fraction of sp³-hybridized carbons (Fsp3) is 0.606. The van der Waals surface area contributed by atoms with E-state index in [-0.39, 0.29) is 38.6 Å². The van der Waals surface area contributed by atoms with Crippen molar-refractivity contribution in [1.82, 2.24) is 26.2 Å². The molecule has 0 aliphatic rings. The van der Waals surface area contributed by atoms with Crippen molar-refractivity contribution < 1.29 is 24.0 Å². The lowest BCUT2D eigenvalue weighted by Crippen LogP contribution is -2.46. The fourth-order valence-corrected chi connectivity index (χ4v) is 2.70. The summed E-state index contributed by atoms with van der Waals surface area (Å²) >= 11 is 0. The molecule has 0 saturated heterocycles. The van der Waals surface area contributed by atoms with Crippen LogP contribution < -0.4 is 32.3 Å². The molecule has 0 heterocycles. The SMILES string of the molecule is C=C(C)c1ccccc1NC.CC(C)C.CC(C)C.CCCCNC(=O)CNC(=O)CN(C)C(=O)CNC(=O)CNC(=O)CN. The number of rotatable bonds is 14. The summed E-state index contributed by atoms with van der Waals surface area (Å²) in [5.41, 5.74) is 8.49. The minimum atomic E-state index is -0.554. The second-order valence-electron chi connectivity index (χ2n) is 11.5. The normalized spacial score (nSPS) is 9.53. The first-order chi connectivity index (χ1) is 21.0. The van der Waals surface area contributed by atoms with Crippen LogP contribution in [0.15, 0.2) is 30.8 Å². The Morgan fingerprint density at radius 2 is 1.27 bits per heavy atom. The molecule has 0 unspecified atom stereocenters. The molecule has 0 saturated carbocycles. The van der Waals surface area contributed by atoms with Crippen molar-refractivity contribution in [3.05, 3.63) is 36.4 Å². The van der Waals surface area contributed by atoms with Gasteiger partial charge in [0.2, 0.25) is 29.5 Å². The summed E-state index contributed by atoms with van der Waals surface area (Å²) in [5, 5.41) is 12.7. The number of benzene rings is 1. The van der Waals surface area contributed by atoms with E-state index in [1.807, 2.05) is 39.1 Å². The van der Waals surface area contributed by atoms with Gasteiger partial charge < -0.3 is 37.2 Å². The average Bonchev–Trinajstić information content (AvgIpc) is 2.97. The van der Waals surface area contributed by atoms with E-state index in [0.717, 1.165) is 40.8 Å². The molecule has 0 aliphatic heterocycles. The zero-order valence-corrected chi connectivity index (χ0v) is 29.4. The van der Waals surface area contributed by atoms with Crippen molar-refractivity contribution in [1.29, 1.82) is 0 Å². The number of anilines is 1. The fourth-order valence-electron chi connectivity index (χ4n) is 2.70. The monoisotopic (exact) mass is 635 g/mol. The Balaban J connectivity index is -0.000000750. The van der Waals surface area contributed by atoms with Crippen LogP contribution in [-0.2, 0) is 24.0 Å². The summed E-state index contributed by atoms with van der Waals surface area (Å²) in [5.74, 6) is -0.660. The molecule has 1 aromatic rings. The van der Waals surface area contributed by atoms with Crippen LogP contribution in [0.1, 0.15) is 73.8 Å². The zero-order valence-electron chi connectivity index (χ0n) is 29.4. The topological polar surface area (TPSA) is 175 Å². The lowest BCUT2D eigenvalue weighted by molar-refractivity contribution is -0.135. The molecular formula is C33H61N7O5. The smallest absolute Gasteiger partial charge is 0.242 e. The Kier molecular flexibility index (Phi) is 29.1. The summed E-state index contributed by atoms with van der Waals surface area (Å²) in [6.45, 7) is 20.2.